The minimum absolute atomic E-state index is 0.982. The smallest absolute Gasteiger partial charge is 0.0387 e. The van der Waals surface area contributed by atoms with Crippen molar-refractivity contribution in [3.05, 3.63) is 28.4 Å². The number of rotatable bonds is 0. The van der Waals surface area contributed by atoms with Gasteiger partial charge in [0.2, 0.25) is 0 Å². The summed E-state index contributed by atoms with van der Waals surface area (Å²) >= 11 is 6.84. The van der Waals surface area contributed by atoms with E-state index in [4.69, 9.17) is 6.42 Å². The molecule has 0 radical (unpaired) electrons. The van der Waals surface area contributed by atoms with Gasteiger partial charge in [0.1, 0.15) is 0 Å². The van der Waals surface area contributed by atoms with Gasteiger partial charge in [-0.15, -0.1) is 6.42 Å². The van der Waals surface area contributed by atoms with E-state index in [9.17, 15) is 0 Å². The largest absolute Gasteiger partial charge is 0.115 e. The third-order valence-corrected chi connectivity index (χ3v) is 4.88. The Bertz CT molecular complexity index is 323. The highest BCUT2D eigenvalue weighted by Gasteiger charge is 2.01. The van der Waals surface area contributed by atoms with Gasteiger partial charge in [0, 0.05) is 16.3 Å². The van der Waals surface area contributed by atoms with Crippen LogP contribution in [0.2, 0.25) is 0 Å². The molecule has 0 saturated carbocycles. The number of hydrogen-bond acceptors (Lipinski definition) is 0. The van der Waals surface area contributed by atoms with E-state index in [2.05, 4.69) is 79.8 Å². The molecule has 0 unspecified atom stereocenters. The fraction of sp³-hybridized carbons (Fsp3) is 0. The molecule has 0 bridgehead atoms. The Morgan fingerprint density at radius 2 is 1.55 bits per heavy atom. The molecule has 0 amide bonds. The molecule has 11 heavy (non-hydrogen) atoms. The second kappa shape index (κ2) is 4.28. The number of benzene rings is 1. The highest BCUT2D eigenvalue weighted by atomic mass is 127. The highest BCUT2D eigenvalue weighted by molar-refractivity contribution is 14.1. The fourth-order valence-corrected chi connectivity index (χ4v) is 2.79. The Labute approximate surface area is 107 Å². The van der Waals surface area contributed by atoms with Gasteiger partial charge in [-0.2, -0.15) is 0 Å². The molecule has 0 aromatic heterocycles. The molecule has 3 heteroatoms. The molecule has 56 valence electrons. The summed E-state index contributed by atoms with van der Waals surface area (Å²) in [7, 11) is 0. The van der Waals surface area contributed by atoms with Crippen LogP contribution in [0.4, 0.5) is 0 Å². The predicted octanol–water partition coefficient (Wildman–Crippen LogP) is 3.48. The van der Waals surface area contributed by atoms with Crippen molar-refractivity contribution in [1.82, 2.24) is 0 Å². The van der Waals surface area contributed by atoms with Crippen molar-refractivity contribution in [2.75, 3.05) is 0 Å². The predicted molar refractivity (Wildman–Crippen MR) is 72.5 cm³/mol. The molecule has 0 aliphatic carbocycles. The van der Waals surface area contributed by atoms with Crippen molar-refractivity contribution in [3.8, 4) is 12.3 Å². The Morgan fingerprint density at radius 3 is 2.09 bits per heavy atom. The zero-order valence-electron chi connectivity index (χ0n) is 5.37. The van der Waals surface area contributed by atoms with Crippen molar-refractivity contribution >= 4 is 67.8 Å². The van der Waals surface area contributed by atoms with Gasteiger partial charge in [-0.05, 0) is 79.9 Å². The van der Waals surface area contributed by atoms with E-state index in [1.807, 2.05) is 6.07 Å². The van der Waals surface area contributed by atoms with Crippen LogP contribution in [0, 0.1) is 23.1 Å². The molecule has 0 aliphatic heterocycles. The lowest BCUT2D eigenvalue weighted by atomic mass is 10.2. The summed E-state index contributed by atoms with van der Waals surface area (Å²) in [6.45, 7) is 0. The molecule has 0 atom stereocenters. The van der Waals surface area contributed by atoms with E-state index in [1.165, 1.54) is 7.14 Å². The molecular formula is C8H3I3. The normalized spacial score (nSPS) is 9.27. The van der Waals surface area contributed by atoms with Gasteiger partial charge < -0.3 is 0 Å². The minimum Gasteiger partial charge on any atom is -0.115 e. The Hall–Kier alpha value is 0.970. The maximum Gasteiger partial charge on any atom is 0.0387 e. The van der Waals surface area contributed by atoms with Gasteiger partial charge in [-0.1, -0.05) is 5.92 Å². The quantitative estimate of drug-likeness (QED) is 0.304. The first-order chi connectivity index (χ1) is 5.15. The molecule has 0 spiro atoms. The molecule has 0 aliphatic rings. The Morgan fingerprint density at radius 1 is 1.00 bits per heavy atom. The van der Waals surface area contributed by atoms with Gasteiger partial charge in [0.15, 0.2) is 0 Å². The molecule has 0 heterocycles. The SMILES string of the molecule is C#Cc1cc(I)c(I)cc1I. The Kier molecular flexibility index (Phi) is 3.91. The van der Waals surface area contributed by atoms with Gasteiger partial charge >= 0.3 is 0 Å². The van der Waals surface area contributed by atoms with Crippen LogP contribution in [-0.4, -0.2) is 0 Å². The van der Waals surface area contributed by atoms with Crippen LogP contribution in [0.25, 0.3) is 0 Å². The summed E-state index contributed by atoms with van der Waals surface area (Å²) in [6.07, 6.45) is 5.31. The molecule has 0 nitrogen and oxygen atoms in total. The van der Waals surface area contributed by atoms with Crippen LogP contribution in [0.1, 0.15) is 5.56 Å². The summed E-state index contributed by atoms with van der Waals surface area (Å²) in [5, 5.41) is 0. The summed E-state index contributed by atoms with van der Waals surface area (Å²) in [4.78, 5) is 0. The van der Waals surface area contributed by atoms with Crippen LogP contribution in [0.5, 0.6) is 0 Å². The second-order valence-electron chi connectivity index (χ2n) is 1.89. The molecule has 1 rings (SSSR count). The number of hydrogen-bond donors (Lipinski definition) is 0. The molecular weight excluding hydrogens is 477 g/mol. The molecule has 1 aromatic rings. The maximum atomic E-state index is 5.31. The zero-order chi connectivity index (χ0) is 8.43. The van der Waals surface area contributed by atoms with Crippen LogP contribution >= 0.6 is 67.8 Å². The minimum atomic E-state index is 0.982. The van der Waals surface area contributed by atoms with Crippen LogP contribution in [-0.2, 0) is 0 Å². The third kappa shape index (κ3) is 2.45. The standard InChI is InChI=1S/C8H3I3/c1-2-5-3-7(10)8(11)4-6(5)9/h1,3-4H. The van der Waals surface area contributed by atoms with Gasteiger partial charge in [-0.25, -0.2) is 0 Å². The van der Waals surface area contributed by atoms with E-state index in [-0.39, 0.29) is 0 Å². The first-order valence-corrected chi connectivity index (χ1v) is 6.00. The van der Waals surface area contributed by atoms with Crippen molar-refractivity contribution in [2.24, 2.45) is 0 Å². The summed E-state index contributed by atoms with van der Waals surface area (Å²) in [6, 6.07) is 4.13. The third-order valence-electron chi connectivity index (χ3n) is 1.17. The average Bonchev–Trinajstić information content (AvgIpc) is 1.97. The van der Waals surface area contributed by atoms with E-state index in [0.29, 0.717) is 0 Å². The van der Waals surface area contributed by atoms with E-state index in [1.54, 1.807) is 0 Å². The molecule has 0 fully saturated rings. The first kappa shape index (κ1) is 10.1. The monoisotopic (exact) mass is 480 g/mol. The summed E-state index contributed by atoms with van der Waals surface area (Å²) in [5.74, 6) is 2.65. The Balaban J connectivity index is 3.35. The number of halogens is 3. The van der Waals surface area contributed by atoms with Crippen LogP contribution in [0.15, 0.2) is 12.1 Å². The van der Waals surface area contributed by atoms with Crippen LogP contribution in [0.3, 0.4) is 0 Å². The maximum absolute atomic E-state index is 5.31. The molecule has 1 aromatic carbocycles. The van der Waals surface area contributed by atoms with Crippen molar-refractivity contribution in [2.45, 2.75) is 0 Å². The molecule has 0 N–H and O–H groups in total. The van der Waals surface area contributed by atoms with Gasteiger partial charge in [0.05, 0.1) is 0 Å². The lowest BCUT2D eigenvalue weighted by Gasteiger charge is -1.99. The van der Waals surface area contributed by atoms with Crippen molar-refractivity contribution < 1.29 is 0 Å². The summed E-state index contributed by atoms with van der Waals surface area (Å²) < 4.78 is 3.62. The van der Waals surface area contributed by atoms with E-state index >= 15 is 0 Å². The fourth-order valence-electron chi connectivity index (χ4n) is 0.633. The molecule has 0 saturated heterocycles. The average molecular weight is 480 g/mol. The number of terminal acetylenes is 1. The first-order valence-electron chi connectivity index (χ1n) is 2.76. The zero-order valence-corrected chi connectivity index (χ0v) is 11.8. The second-order valence-corrected chi connectivity index (χ2v) is 5.38. The van der Waals surface area contributed by atoms with Gasteiger partial charge in [0.25, 0.3) is 0 Å². The van der Waals surface area contributed by atoms with Crippen LogP contribution < -0.4 is 0 Å². The topological polar surface area (TPSA) is 0 Å². The van der Waals surface area contributed by atoms with E-state index in [0.717, 1.165) is 9.13 Å². The lowest BCUT2D eigenvalue weighted by molar-refractivity contribution is 1.50. The lowest BCUT2D eigenvalue weighted by Crippen LogP contribution is -1.86. The van der Waals surface area contributed by atoms with Gasteiger partial charge in [-0.3, -0.25) is 0 Å². The van der Waals surface area contributed by atoms with Crippen molar-refractivity contribution in [3.63, 3.8) is 0 Å². The van der Waals surface area contributed by atoms with Crippen molar-refractivity contribution in [1.29, 1.82) is 0 Å². The summed E-state index contributed by atoms with van der Waals surface area (Å²) in [5.41, 5.74) is 0.982. The highest BCUT2D eigenvalue weighted by Crippen LogP contribution is 2.21. The van der Waals surface area contributed by atoms with E-state index < -0.39 is 0 Å².